The molecule has 1 aromatic carbocycles. The predicted octanol–water partition coefficient (Wildman–Crippen LogP) is 1.49. The van der Waals surface area contributed by atoms with E-state index in [1.165, 1.54) is 0 Å². The average Bonchev–Trinajstić information content (AvgIpc) is 2.88. The molecule has 1 N–H and O–H groups in total. The Hall–Kier alpha value is -1.59. The average molecular weight is 315 g/mol. The molecule has 124 valence electrons. The number of nitrogens with one attached hydrogen (secondary N) is 1. The van der Waals surface area contributed by atoms with Crippen LogP contribution in [0.3, 0.4) is 0 Å². The minimum Gasteiger partial charge on any atom is -0.378 e. The van der Waals surface area contributed by atoms with Crippen molar-refractivity contribution in [3.05, 3.63) is 29.8 Å². The second-order valence-corrected chi connectivity index (χ2v) is 6.71. The number of ether oxygens (including phenoxy) is 1. The number of anilines is 1. The second-order valence-electron chi connectivity index (χ2n) is 6.71. The summed E-state index contributed by atoms with van der Waals surface area (Å²) in [5, 5.41) is 3.47. The minimum atomic E-state index is 0.211. The van der Waals surface area contributed by atoms with Gasteiger partial charge < -0.3 is 19.9 Å². The molecule has 0 aliphatic carbocycles. The maximum absolute atomic E-state index is 13.3. The molecule has 3 aliphatic heterocycles. The van der Waals surface area contributed by atoms with Crippen LogP contribution in [0.15, 0.2) is 24.3 Å². The molecule has 0 radical (unpaired) electrons. The van der Waals surface area contributed by atoms with Gasteiger partial charge in [0.15, 0.2) is 0 Å². The zero-order chi connectivity index (χ0) is 15.6. The van der Waals surface area contributed by atoms with Gasteiger partial charge in [0.1, 0.15) is 0 Å². The Morgan fingerprint density at radius 1 is 1.09 bits per heavy atom. The summed E-state index contributed by atoms with van der Waals surface area (Å²) < 4.78 is 5.45. The first-order valence-electron chi connectivity index (χ1n) is 8.79. The number of amides is 1. The van der Waals surface area contributed by atoms with Crippen LogP contribution in [0.4, 0.5) is 5.69 Å². The highest BCUT2D eigenvalue weighted by Crippen LogP contribution is 2.32. The van der Waals surface area contributed by atoms with Gasteiger partial charge in [-0.05, 0) is 37.9 Å². The van der Waals surface area contributed by atoms with Crippen molar-refractivity contribution < 1.29 is 9.53 Å². The molecule has 1 amide bonds. The van der Waals surface area contributed by atoms with Crippen molar-refractivity contribution in [3.8, 4) is 0 Å². The van der Waals surface area contributed by atoms with E-state index in [2.05, 4.69) is 21.2 Å². The summed E-state index contributed by atoms with van der Waals surface area (Å²) in [4.78, 5) is 17.8. The molecular weight excluding hydrogens is 290 g/mol. The van der Waals surface area contributed by atoms with Crippen molar-refractivity contribution in [3.63, 3.8) is 0 Å². The van der Waals surface area contributed by atoms with Crippen molar-refractivity contribution >= 4 is 11.6 Å². The van der Waals surface area contributed by atoms with Gasteiger partial charge in [0, 0.05) is 37.4 Å². The maximum Gasteiger partial charge on any atom is 0.256 e. The number of carbonyl (C=O) groups excluding carboxylic acids is 1. The van der Waals surface area contributed by atoms with Gasteiger partial charge >= 0.3 is 0 Å². The van der Waals surface area contributed by atoms with E-state index in [1.807, 2.05) is 18.2 Å². The maximum atomic E-state index is 13.3. The Morgan fingerprint density at radius 3 is 2.74 bits per heavy atom. The van der Waals surface area contributed by atoms with Crippen LogP contribution in [0.5, 0.6) is 0 Å². The standard InChI is InChI=1S/C18H25N3O2/c22-18(21-14-5-6-15(21)13-19-8-7-14)16-3-1-2-4-17(16)20-9-11-23-12-10-20/h1-4,14-15,19H,5-13H2/t14-,15+/m1/s1. The largest absolute Gasteiger partial charge is 0.378 e. The fourth-order valence-corrected chi connectivity index (χ4v) is 4.19. The first-order chi connectivity index (χ1) is 11.3. The lowest BCUT2D eigenvalue weighted by atomic mass is 10.1. The molecular formula is C18H25N3O2. The van der Waals surface area contributed by atoms with E-state index in [-0.39, 0.29) is 5.91 Å². The number of morpholine rings is 1. The van der Waals surface area contributed by atoms with Crippen LogP contribution >= 0.6 is 0 Å². The Balaban J connectivity index is 1.63. The normalized spacial score (nSPS) is 27.8. The Labute approximate surface area is 137 Å². The molecule has 23 heavy (non-hydrogen) atoms. The van der Waals surface area contributed by atoms with Gasteiger partial charge in [0.05, 0.1) is 18.8 Å². The van der Waals surface area contributed by atoms with E-state index in [4.69, 9.17) is 4.74 Å². The van der Waals surface area contributed by atoms with Gasteiger partial charge in [-0.2, -0.15) is 0 Å². The molecule has 3 saturated heterocycles. The molecule has 2 bridgehead atoms. The van der Waals surface area contributed by atoms with Crippen LogP contribution in [-0.4, -0.2) is 62.3 Å². The molecule has 0 saturated carbocycles. The first kappa shape index (κ1) is 15.0. The summed E-state index contributed by atoms with van der Waals surface area (Å²) >= 11 is 0. The number of hydrogen-bond acceptors (Lipinski definition) is 4. The van der Waals surface area contributed by atoms with E-state index in [0.29, 0.717) is 12.1 Å². The van der Waals surface area contributed by atoms with Crippen LogP contribution < -0.4 is 10.2 Å². The number of nitrogens with zero attached hydrogens (tertiary/aromatic N) is 2. The fraction of sp³-hybridized carbons (Fsp3) is 0.611. The summed E-state index contributed by atoms with van der Waals surface area (Å²) in [5.74, 6) is 0.211. The van der Waals surface area contributed by atoms with Crippen molar-refractivity contribution in [1.82, 2.24) is 10.2 Å². The van der Waals surface area contributed by atoms with E-state index in [0.717, 1.165) is 69.9 Å². The predicted molar refractivity (Wildman–Crippen MR) is 89.9 cm³/mol. The smallest absolute Gasteiger partial charge is 0.256 e. The van der Waals surface area contributed by atoms with Crippen molar-refractivity contribution in [1.29, 1.82) is 0 Å². The molecule has 3 heterocycles. The Kier molecular flexibility index (Phi) is 4.23. The number of hydrogen-bond donors (Lipinski definition) is 1. The van der Waals surface area contributed by atoms with Gasteiger partial charge in [0.25, 0.3) is 5.91 Å². The Bertz CT molecular complexity index is 557. The zero-order valence-corrected chi connectivity index (χ0v) is 13.5. The van der Waals surface area contributed by atoms with Crippen LogP contribution in [0.2, 0.25) is 0 Å². The highest BCUT2D eigenvalue weighted by atomic mass is 16.5. The van der Waals surface area contributed by atoms with Crippen molar-refractivity contribution in [2.75, 3.05) is 44.3 Å². The monoisotopic (exact) mass is 315 g/mol. The van der Waals surface area contributed by atoms with E-state index < -0.39 is 0 Å². The lowest BCUT2D eigenvalue weighted by Crippen LogP contribution is -2.44. The third-order valence-corrected chi connectivity index (χ3v) is 5.37. The quantitative estimate of drug-likeness (QED) is 0.898. The van der Waals surface area contributed by atoms with Crippen molar-refractivity contribution in [2.45, 2.75) is 31.3 Å². The van der Waals surface area contributed by atoms with Crippen LogP contribution in [0.1, 0.15) is 29.6 Å². The highest BCUT2D eigenvalue weighted by molar-refractivity contribution is 6.00. The molecule has 3 fully saturated rings. The molecule has 5 heteroatoms. The molecule has 2 atom stereocenters. The van der Waals surface area contributed by atoms with Crippen LogP contribution in [0, 0.1) is 0 Å². The summed E-state index contributed by atoms with van der Waals surface area (Å²) in [6, 6.07) is 8.84. The van der Waals surface area contributed by atoms with Gasteiger partial charge in [-0.3, -0.25) is 4.79 Å². The third-order valence-electron chi connectivity index (χ3n) is 5.37. The molecule has 5 nitrogen and oxygen atoms in total. The molecule has 3 aliphatic rings. The third kappa shape index (κ3) is 2.83. The summed E-state index contributed by atoms with van der Waals surface area (Å²) in [6.07, 6.45) is 3.35. The minimum absolute atomic E-state index is 0.211. The summed E-state index contributed by atoms with van der Waals surface area (Å²) in [5.41, 5.74) is 1.92. The number of fused-ring (bicyclic) bond motifs is 2. The van der Waals surface area contributed by atoms with E-state index in [1.54, 1.807) is 0 Å². The molecule has 1 aromatic rings. The van der Waals surface area contributed by atoms with Gasteiger partial charge in [-0.1, -0.05) is 12.1 Å². The van der Waals surface area contributed by atoms with Gasteiger partial charge in [-0.15, -0.1) is 0 Å². The summed E-state index contributed by atoms with van der Waals surface area (Å²) in [7, 11) is 0. The molecule has 0 aromatic heterocycles. The second kappa shape index (κ2) is 6.49. The molecule has 0 unspecified atom stereocenters. The zero-order valence-electron chi connectivity index (χ0n) is 13.5. The SMILES string of the molecule is O=C(c1ccccc1N1CCOCC1)N1[C@H]2CCNC[C@@H]1CC2. The first-order valence-corrected chi connectivity index (χ1v) is 8.79. The Morgan fingerprint density at radius 2 is 1.87 bits per heavy atom. The van der Waals surface area contributed by atoms with Gasteiger partial charge in [-0.25, -0.2) is 0 Å². The lowest BCUT2D eigenvalue weighted by molar-refractivity contribution is 0.0680. The van der Waals surface area contributed by atoms with E-state index in [9.17, 15) is 4.79 Å². The lowest BCUT2D eigenvalue weighted by Gasteiger charge is -2.33. The molecule has 0 spiro atoms. The number of para-hydroxylation sites is 1. The number of rotatable bonds is 2. The van der Waals surface area contributed by atoms with Crippen LogP contribution in [0.25, 0.3) is 0 Å². The fourth-order valence-electron chi connectivity index (χ4n) is 4.19. The molecule has 4 rings (SSSR count). The van der Waals surface area contributed by atoms with Crippen molar-refractivity contribution in [2.24, 2.45) is 0 Å². The highest BCUT2D eigenvalue weighted by Gasteiger charge is 2.39. The van der Waals surface area contributed by atoms with Crippen LogP contribution in [-0.2, 0) is 4.74 Å². The summed E-state index contributed by atoms with van der Waals surface area (Å²) in [6.45, 7) is 5.15. The van der Waals surface area contributed by atoms with E-state index >= 15 is 0 Å². The number of benzene rings is 1. The number of carbonyl (C=O) groups is 1. The van der Waals surface area contributed by atoms with Gasteiger partial charge in [0.2, 0.25) is 0 Å². The topological polar surface area (TPSA) is 44.8 Å².